The first kappa shape index (κ1) is 30.5. The number of nitrogens with one attached hydrogen (secondary N) is 3. The minimum absolute atomic E-state index is 0.0188. The molecule has 0 aliphatic rings. The second-order valence-electron chi connectivity index (χ2n) is 9.78. The van der Waals surface area contributed by atoms with E-state index in [1.807, 2.05) is 20.8 Å². The van der Waals surface area contributed by atoms with Crippen LogP contribution in [0, 0.1) is 11.6 Å². The van der Waals surface area contributed by atoms with Gasteiger partial charge in [0, 0.05) is 65.2 Å². The molecule has 222 valence electrons. The molecule has 4 aromatic rings. The molecule has 0 bridgehead atoms. The maximum absolute atomic E-state index is 14.5. The molecule has 0 atom stereocenters. The second kappa shape index (κ2) is 13.0. The smallest absolute Gasteiger partial charge is 0.274 e. The summed E-state index contributed by atoms with van der Waals surface area (Å²) in [5.74, 6) is 4.68. The van der Waals surface area contributed by atoms with Gasteiger partial charge in [0.2, 0.25) is 0 Å². The van der Waals surface area contributed by atoms with Crippen molar-refractivity contribution in [3.8, 4) is 22.6 Å². The summed E-state index contributed by atoms with van der Waals surface area (Å²) in [6, 6.07) is 9.83. The summed E-state index contributed by atoms with van der Waals surface area (Å²) in [6.45, 7) is 5.82. The average molecular weight is 598 g/mol. The summed E-state index contributed by atoms with van der Waals surface area (Å²) >= 11 is 1.48. The minimum Gasteiger partial charge on any atom is -0.454 e. The molecule has 7 N–H and O–H groups in total. The van der Waals surface area contributed by atoms with E-state index in [2.05, 4.69) is 15.0 Å². The Balaban J connectivity index is 1.77. The number of aryl methyl sites for hydroxylation is 1. The first-order valence-corrected chi connectivity index (χ1v) is 14.1. The number of nitrogens with two attached hydrogens (primary N) is 2. The molecule has 2 aromatic heterocycles. The number of ether oxygens (including phenoxy) is 1. The van der Waals surface area contributed by atoms with Gasteiger partial charge in [0.15, 0.2) is 11.6 Å². The number of pyridine rings is 1. The summed E-state index contributed by atoms with van der Waals surface area (Å²) in [4.78, 5) is 29.0. The van der Waals surface area contributed by atoms with Crippen molar-refractivity contribution in [3.63, 3.8) is 0 Å². The SMILES string of the molecule is CCSNc1ccc(Oc2ccc(F)cc2F)c(-c2cn(C)c(=O)c3[nH]c(C(=O)NC/C(N)=C/N(N)C(C)C)cc23)c1. The maximum atomic E-state index is 14.5. The Morgan fingerprint density at radius 3 is 2.60 bits per heavy atom. The van der Waals surface area contributed by atoms with Gasteiger partial charge in [-0.15, -0.1) is 0 Å². The zero-order valence-electron chi connectivity index (χ0n) is 23.6. The van der Waals surface area contributed by atoms with E-state index >= 15 is 0 Å². The van der Waals surface area contributed by atoms with Crippen LogP contribution in [0.5, 0.6) is 11.5 Å². The quantitative estimate of drug-likeness (QED) is 0.0943. The van der Waals surface area contributed by atoms with Gasteiger partial charge in [0.1, 0.15) is 22.8 Å². The van der Waals surface area contributed by atoms with Crippen LogP contribution in [0.3, 0.4) is 0 Å². The Morgan fingerprint density at radius 2 is 1.90 bits per heavy atom. The predicted molar refractivity (Wildman–Crippen MR) is 163 cm³/mol. The Hall–Kier alpha value is -4.49. The molecular weight excluding hydrogens is 564 g/mol. The van der Waals surface area contributed by atoms with Crippen molar-refractivity contribution in [2.45, 2.75) is 26.8 Å². The molecule has 0 aliphatic carbocycles. The van der Waals surface area contributed by atoms with Gasteiger partial charge >= 0.3 is 0 Å². The van der Waals surface area contributed by atoms with Crippen LogP contribution >= 0.6 is 11.9 Å². The van der Waals surface area contributed by atoms with Gasteiger partial charge in [-0.2, -0.15) is 0 Å². The molecule has 13 heteroatoms. The van der Waals surface area contributed by atoms with Crippen molar-refractivity contribution in [1.82, 2.24) is 19.9 Å². The van der Waals surface area contributed by atoms with E-state index in [1.54, 1.807) is 37.5 Å². The van der Waals surface area contributed by atoms with Crippen LogP contribution in [0.2, 0.25) is 0 Å². The number of carbonyl (C=O) groups is 1. The molecule has 2 aromatic carbocycles. The number of H-pyrrole nitrogens is 1. The van der Waals surface area contributed by atoms with Crippen LogP contribution in [0.15, 0.2) is 65.4 Å². The van der Waals surface area contributed by atoms with Crippen LogP contribution in [0.25, 0.3) is 22.0 Å². The van der Waals surface area contributed by atoms with Crippen molar-refractivity contribution >= 4 is 34.4 Å². The van der Waals surface area contributed by atoms with Crippen molar-refractivity contribution in [2.24, 2.45) is 18.6 Å². The van der Waals surface area contributed by atoms with Gasteiger partial charge in [0.05, 0.1) is 6.54 Å². The Labute approximate surface area is 245 Å². The molecule has 10 nitrogen and oxygen atoms in total. The summed E-state index contributed by atoms with van der Waals surface area (Å²) in [5, 5.41) is 4.60. The lowest BCUT2D eigenvalue weighted by molar-refractivity contribution is 0.0952. The molecule has 0 unspecified atom stereocenters. The van der Waals surface area contributed by atoms with Crippen molar-refractivity contribution in [2.75, 3.05) is 17.0 Å². The fraction of sp³-hybridized carbons (Fsp3) is 0.241. The normalized spacial score (nSPS) is 11.7. The number of amides is 1. The lowest BCUT2D eigenvalue weighted by Gasteiger charge is -2.19. The number of carbonyl (C=O) groups excluding carboxylic acids is 1. The minimum atomic E-state index is -0.865. The third kappa shape index (κ3) is 6.86. The van der Waals surface area contributed by atoms with Gasteiger partial charge in [-0.25, -0.2) is 14.6 Å². The number of aromatic nitrogens is 2. The largest absolute Gasteiger partial charge is 0.454 e. The standard InChI is InChI=1S/C29H33F2N7O3S/c1-5-42-36-19-7-9-25(41-26-8-6-17(30)10-23(26)31)20(11-19)22-15-37(4)29(40)27-21(22)12-24(35-27)28(39)34-13-18(32)14-38(33)16(2)3/h6-12,14-16,35-36H,5,13,32-33H2,1-4H3,(H,34,39)/b18-14-. The number of fused-ring (bicyclic) bond motifs is 1. The van der Waals surface area contributed by atoms with Crippen molar-refractivity contribution in [1.29, 1.82) is 0 Å². The number of benzene rings is 2. The highest BCUT2D eigenvalue weighted by Crippen LogP contribution is 2.39. The molecule has 0 saturated carbocycles. The number of rotatable bonds is 11. The fourth-order valence-corrected chi connectivity index (χ4v) is 4.50. The first-order chi connectivity index (χ1) is 20.0. The van der Waals surface area contributed by atoms with Gasteiger partial charge in [0.25, 0.3) is 11.5 Å². The van der Waals surface area contributed by atoms with Crippen LogP contribution in [-0.4, -0.2) is 38.8 Å². The van der Waals surface area contributed by atoms with Crippen molar-refractivity contribution < 1.29 is 18.3 Å². The molecule has 0 spiro atoms. The summed E-state index contributed by atoms with van der Waals surface area (Å²) in [5.41, 5.74) is 8.10. The van der Waals surface area contributed by atoms with Crippen molar-refractivity contribution in [3.05, 3.63) is 88.2 Å². The average Bonchev–Trinajstić information content (AvgIpc) is 3.40. The Bertz CT molecular complexity index is 1700. The van der Waals surface area contributed by atoms with Crippen LogP contribution < -0.4 is 31.9 Å². The number of aromatic amines is 1. The monoisotopic (exact) mass is 597 g/mol. The fourth-order valence-electron chi connectivity index (χ4n) is 4.06. The summed E-state index contributed by atoms with van der Waals surface area (Å²) < 4.78 is 38.6. The molecule has 0 aliphatic heterocycles. The number of nitrogens with zero attached hydrogens (tertiary/aromatic N) is 2. The topological polar surface area (TPSA) is 143 Å². The van der Waals surface area contributed by atoms with E-state index in [0.29, 0.717) is 22.2 Å². The maximum Gasteiger partial charge on any atom is 0.274 e. The molecule has 4 rings (SSSR count). The number of hydrazine groups is 1. The lowest BCUT2D eigenvalue weighted by Crippen LogP contribution is -2.35. The highest BCUT2D eigenvalue weighted by molar-refractivity contribution is 8.00. The number of hydrogen-bond donors (Lipinski definition) is 5. The Kier molecular flexibility index (Phi) is 9.43. The van der Waals surface area contributed by atoms with E-state index in [-0.39, 0.29) is 40.9 Å². The van der Waals surface area contributed by atoms with E-state index in [4.69, 9.17) is 16.3 Å². The van der Waals surface area contributed by atoms with Crippen LogP contribution in [-0.2, 0) is 7.05 Å². The number of hydrogen-bond acceptors (Lipinski definition) is 8. The molecule has 42 heavy (non-hydrogen) atoms. The first-order valence-electron chi connectivity index (χ1n) is 13.1. The highest BCUT2D eigenvalue weighted by Gasteiger charge is 2.20. The van der Waals surface area contributed by atoms with E-state index < -0.39 is 17.5 Å². The Morgan fingerprint density at radius 1 is 1.17 bits per heavy atom. The second-order valence-corrected chi connectivity index (χ2v) is 10.9. The van der Waals surface area contributed by atoms with Gasteiger partial charge < -0.3 is 35.1 Å². The molecule has 0 saturated heterocycles. The third-order valence-corrected chi connectivity index (χ3v) is 6.96. The summed E-state index contributed by atoms with van der Waals surface area (Å²) in [7, 11) is 1.58. The predicted octanol–water partition coefficient (Wildman–Crippen LogP) is 4.80. The molecule has 1 amide bonds. The molecular formula is C29H33F2N7O3S. The van der Waals surface area contributed by atoms with E-state index in [0.717, 1.165) is 23.6 Å². The van der Waals surface area contributed by atoms with E-state index in [9.17, 15) is 18.4 Å². The summed E-state index contributed by atoms with van der Waals surface area (Å²) in [6.07, 6.45) is 3.15. The van der Waals surface area contributed by atoms with Gasteiger partial charge in [-0.05, 0) is 50.2 Å². The third-order valence-electron chi connectivity index (χ3n) is 6.29. The highest BCUT2D eigenvalue weighted by atomic mass is 32.2. The number of halogens is 2. The molecule has 0 radical (unpaired) electrons. The zero-order chi connectivity index (χ0) is 30.6. The zero-order valence-corrected chi connectivity index (χ0v) is 24.4. The lowest BCUT2D eigenvalue weighted by atomic mass is 10.0. The molecule has 2 heterocycles. The molecule has 0 fully saturated rings. The van der Waals surface area contributed by atoms with Gasteiger partial charge in [-0.3, -0.25) is 9.59 Å². The van der Waals surface area contributed by atoms with E-state index in [1.165, 1.54) is 33.8 Å². The van der Waals surface area contributed by atoms with Gasteiger partial charge in [-0.1, -0.05) is 18.9 Å². The van der Waals surface area contributed by atoms with Crippen LogP contribution in [0.4, 0.5) is 14.5 Å². The number of anilines is 1. The van der Waals surface area contributed by atoms with Crippen LogP contribution in [0.1, 0.15) is 31.3 Å².